The minimum atomic E-state index is -0.767. The lowest BCUT2D eigenvalue weighted by Crippen LogP contribution is -2.50. The van der Waals surface area contributed by atoms with Crippen LogP contribution in [0.4, 0.5) is 0 Å². The van der Waals surface area contributed by atoms with Crippen LogP contribution in [0.25, 0.3) is 0 Å². The quantitative estimate of drug-likeness (QED) is 0.0969. The van der Waals surface area contributed by atoms with Crippen molar-refractivity contribution >= 4 is 113 Å². The van der Waals surface area contributed by atoms with Gasteiger partial charge in [0, 0.05) is 48.6 Å². The summed E-state index contributed by atoms with van der Waals surface area (Å²) in [5.74, 6) is 4.50. The predicted molar refractivity (Wildman–Crippen MR) is 240 cm³/mol. The zero-order valence-electron chi connectivity index (χ0n) is 34.0. The van der Waals surface area contributed by atoms with Crippen molar-refractivity contribution in [2.75, 3.05) is 48.6 Å². The number of aliphatic imine (C=N–C) groups is 4. The number of hydrogen-bond donors (Lipinski definition) is 4. The van der Waals surface area contributed by atoms with Crippen LogP contribution in [-0.2, 0) is 20.7 Å². The third kappa shape index (κ3) is 8.51. The lowest BCUT2D eigenvalue weighted by molar-refractivity contribution is -0.111. The van der Waals surface area contributed by atoms with Crippen molar-refractivity contribution in [2.45, 2.75) is 88.6 Å². The first-order chi connectivity index (χ1) is 27.3. The van der Waals surface area contributed by atoms with Crippen molar-refractivity contribution in [1.82, 2.24) is 31.2 Å². The first kappa shape index (κ1) is 44.6. The topological polar surface area (TPSA) is 218 Å². The van der Waals surface area contributed by atoms with Gasteiger partial charge in [-0.15, -0.1) is 47.0 Å². The van der Waals surface area contributed by atoms with E-state index in [-0.39, 0.29) is 23.2 Å². The second-order valence-electron chi connectivity index (χ2n) is 15.6. The van der Waals surface area contributed by atoms with Crippen LogP contribution < -0.4 is 21.3 Å². The van der Waals surface area contributed by atoms with Crippen molar-refractivity contribution in [2.24, 2.45) is 20.0 Å². The smallest absolute Gasteiger partial charge is 0.273 e. The number of amides is 4. The van der Waals surface area contributed by atoms with Crippen LogP contribution in [-0.4, -0.2) is 126 Å². The van der Waals surface area contributed by atoms with Gasteiger partial charge in [0.1, 0.15) is 33.7 Å². The van der Waals surface area contributed by atoms with Crippen molar-refractivity contribution in [1.29, 1.82) is 0 Å². The Kier molecular flexibility index (Phi) is 13.0. The summed E-state index contributed by atoms with van der Waals surface area (Å²) in [6.07, 6.45) is 1.42. The SMILES string of the molecule is CNC(=O)c1nc([C@]2(C)CSC([C@]3(C)CSC([C@](C)(CSSC[C@](C)(NC=O)C4=N[C@](C)(C5=N[C@](C)(c6nc(C(=O)NC)c(C)o6)CS5)CS4)NC=O)=N3)=N2)oc1C. The molecule has 0 saturated carbocycles. The number of rotatable bonds is 17. The van der Waals surface area contributed by atoms with E-state index in [0.717, 1.165) is 20.2 Å². The highest BCUT2D eigenvalue weighted by Gasteiger charge is 2.50. The van der Waals surface area contributed by atoms with E-state index < -0.39 is 33.2 Å². The van der Waals surface area contributed by atoms with E-state index >= 15 is 0 Å². The molecule has 2 aromatic rings. The van der Waals surface area contributed by atoms with Crippen molar-refractivity contribution < 1.29 is 28.0 Å². The van der Waals surface area contributed by atoms with E-state index in [2.05, 4.69) is 31.2 Å². The van der Waals surface area contributed by atoms with Crippen molar-refractivity contribution in [3.8, 4) is 0 Å². The van der Waals surface area contributed by atoms with E-state index in [1.54, 1.807) is 96.6 Å². The van der Waals surface area contributed by atoms with Gasteiger partial charge in [-0.2, -0.15) is 0 Å². The second-order valence-corrected chi connectivity index (χ2v) is 22.0. The van der Waals surface area contributed by atoms with E-state index in [1.807, 2.05) is 41.5 Å². The lowest BCUT2D eigenvalue weighted by Gasteiger charge is -2.30. The van der Waals surface area contributed by atoms with E-state index in [0.29, 0.717) is 70.6 Å². The van der Waals surface area contributed by atoms with Gasteiger partial charge in [0.25, 0.3) is 11.8 Å². The van der Waals surface area contributed by atoms with Gasteiger partial charge in [-0.3, -0.25) is 39.1 Å². The molecule has 0 fully saturated rings. The van der Waals surface area contributed by atoms with Gasteiger partial charge < -0.3 is 30.1 Å². The maximum absolute atomic E-state index is 12.3. The van der Waals surface area contributed by atoms with E-state index in [4.69, 9.17) is 28.8 Å². The Bertz CT molecular complexity index is 1980. The zero-order chi connectivity index (χ0) is 42.3. The first-order valence-electron chi connectivity index (χ1n) is 18.3. The van der Waals surface area contributed by atoms with Crippen LogP contribution in [0.15, 0.2) is 28.8 Å². The van der Waals surface area contributed by atoms with Crippen molar-refractivity contribution in [3.63, 3.8) is 0 Å². The summed E-state index contributed by atoms with van der Waals surface area (Å²) >= 11 is 6.39. The molecule has 4 N–H and O–H groups in total. The number of carbonyl (C=O) groups excluding carboxylic acids is 4. The summed E-state index contributed by atoms with van der Waals surface area (Å²) in [5.41, 5.74) is -3.82. The van der Waals surface area contributed by atoms with Gasteiger partial charge in [0.2, 0.25) is 24.6 Å². The Balaban J connectivity index is 1.13. The molecule has 0 bridgehead atoms. The number of aryl methyl sites for hydroxylation is 2. The molecule has 16 nitrogen and oxygen atoms in total. The van der Waals surface area contributed by atoms with Crippen LogP contribution in [0.3, 0.4) is 0 Å². The molecule has 6 rings (SSSR count). The molecule has 0 radical (unpaired) electrons. The molecule has 4 amide bonds. The highest BCUT2D eigenvalue weighted by Crippen LogP contribution is 2.47. The number of nitrogens with one attached hydrogen (secondary N) is 4. The highest BCUT2D eigenvalue weighted by molar-refractivity contribution is 8.76. The Morgan fingerprint density at radius 3 is 1.36 bits per heavy atom. The van der Waals surface area contributed by atoms with Crippen LogP contribution in [0, 0.1) is 13.8 Å². The van der Waals surface area contributed by atoms with Crippen molar-refractivity contribution in [3.05, 3.63) is 34.7 Å². The number of hydrogen-bond acceptors (Lipinski definition) is 18. The minimum Gasteiger partial charge on any atom is -0.442 e. The highest BCUT2D eigenvalue weighted by atomic mass is 33.1. The van der Waals surface area contributed by atoms with Crippen LogP contribution in [0.2, 0.25) is 0 Å². The minimum absolute atomic E-state index is 0.248. The molecule has 58 heavy (non-hydrogen) atoms. The fourth-order valence-electron chi connectivity index (χ4n) is 6.37. The molecular formula is C36H48N10O6S6. The molecule has 2 aromatic heterocycles. The Hall–Kier alpha value is -2.92. The second kappa shape index (κ2) is 16.9. The van der Waals surface area contributed by atoms with Gasteiger partial charge in [-0.05, 0) is 55.4 Å². The maximum Gasteiger partial charge on any atom is 0.273 e. The molecule has 0 saturated heterocycles. The molecule has 314 valence electrons. The molecule has 0 aliphatic carbocycles. The molecular weight excluding hydrogens is 861 g/mol. The average molecular weight is 909 g/mol. The Morgan fingerprint density at radius 1 is 0.655 bits per heavy atom. The van der Waals surface area contributed by atoms with Crippen LogP contribution >= 0.6 is 68.6 Å². The first-order valence-corrected chi connectivity index (χ1v) is 24.7. The number of nitrogens with zero attached hydrogens (tertiary/aromatic N) is 6. The fourth-order valence-corrected chi connectivity index (χ4v) is 15.0. The lowest BCUT2D eigenvalue weighted by atomic mass is 10.0. The van der Waals surface area contributed by atoms with Crippen LogP contribution in [0.5, 0.6) is 0 Å². The Morgan fingerprint density at radius 2 is 1.02 bits per heavy atom. The summed E-state index contributed by atoms with van der Waals surface area (Å²) in [5, 5.41) is 14.5. The summed E-state index contributed by atoms with van der Waals surface area (Å²) in [6, 6.07) is 0. The largest absolute Gasteiger partial charge is 0.442 e. The van der Waals surface area contributed by atoms with Gasteiger partial charge in [0.15, 0.2) is 11.4 Å². The standard InChI is InChI=1S/C36H48N10O6S6/c1-19-21(23(49)37-9)41-25(51-19)31(3)11-53-29(43-31)35(7)13-55-27(45-35)33(5,39-17-47)15-57-58-16-34(6,40-18-48)28-46-36(8,14-56-28)30-44-32(4,12-54-30)26-42-22(20(2)52-26)24(50)38-10/h17-18H,11-16H2,1-10H3,(H,37,49)(H,38,50)(H,39,47)(H,40,48)/t31-,32-,33-,34-,35-,36-/m0/s1. The third-order valence-electron chi connectivity index (χ3n) is 10.2. The summed E-state index contributed by atoms with van der Waals surface area (Å²) in [6.45, 7) is 15.3. The van der Waals surface area contributed by atoms with Gasteiger partial charge >= 0.3 is 0 Å². The summed E-state index contributed by atoms with van der Waals surface area (Å²) < 4.78 is 11.9. The molecule has 0 spiro atoms. The normalized spacial score (nSPS) is 28.8. The molecule has 6 atom stereocenters. The predicted octanol–water partition coefficient (Wildman–Crippen LogP) is 4.62. The monoisotopic (exact) mass is 908 g/mol. The van der Waals surface area contributed by atoms with Gasteiger partial charge in [-0.25, -0.2) is 9.97 Å². The van der Waals surface area contributed by atoms with Gasteiger partial charge in [0.05, 0.1) is 31.3 Å². The molecule has 6 heterocycles. The fraction of sp³-hybridized carbons (Fsp3) is 0.611. The number of oxazole rings is 2. The Labute approximate surface area is 362 Å². The average Bonchev–Trinajstić information content (AvgIpc) is 4.05. The number of aromatic nitrogens is 2. The van der Waals surface area contributed by atoms with Gasteiger partial charge in [-0.1, -0.05) is 21.6 Å². The molecule has 0 aromatic carbocycles. The number of thioether (sulfide) groups is 4. The van der Waals surface area contributed by atoms with Crippen LogP contribution in [0.1, 0.15) is 85.8 Å². The summed E-state index contributed by atoms with van der Waals surface area (Å²) in [7, 11) is 6.27. The summed E-state index contributed by atoms with van der Waals surface area (Å²) in [4.78, 5) is 78.0. The molecule has 4 aliphatic rings. The zero-order valence-corrected chi connectivity index (χ0v) is 38.9. The number of carbonyl (C=O) groups is 4. The molecule has 4 aliphatic heterocycles. The third-order valence-corrected chi connectivity index (χ3v) is 19.0. The van der Waals surface area contributed by atoms with E-state index in [9.17, 15) is 19.2 Å². The molecule has 0 unspecified atom stereocenters. The van der Waals surface area contributed by atoms with E-state index in [1.165, 1.54) is 0 Å². The maximum atomic E-state index is 12.3. The molecule has 22 heteroatoms.